The molecule has 4 aromatic rings. The van der Waals surface area contributed by atoms with Gasteiger partial charge in [0.25, 0.3) is 10.0 Å². The summed E-state index contributed by atoms with van der Waals surface area (Å²) < 4.78 is 35.6. The number of nitrogens with one attached hydrogen (secondary N) is 1. The van der Waals surface area contributed by atoms with E-state index in [1.807, 2.05) is 61.5 Å². The van der Waals surface area contributed by atoms with E-state index in [1.54, 1.807) is 31.2 Å². The monoisotopic (exact) mass is 687 g/mol. The van der Waals surface area contributed by atoms with E-state index in [2.05, 4.69) is 5.32 Å². The van der Waals surface area contributed by atoms with Gasteiger partial charge in [-0.05, 0) is 74.2 Å². The van der Waals surface area contributed by atoms with Gasteiger partial charge >= 0.3 is 0 Å². The summed E-state index contributed by atoms with van der Waals surface area (Å²) in [6.07, 6.45) is 4.11. The van der Waals surface area contributed by atoms with Gasteiger partial charge in [0, 0.05) is 24.0 Å². The van der Waals surface area contributed by atoms with E-state index < -0.39 is 28.5 Å². The zero-order chi connectivity index (χ0) is 34.1. The number of aryl methyl sites for hydroxylation is 1. The van der Waals surface area contributed by atoms with Gasteiger partial charge in [0.1, 0.15) is 18.3 Å². The third-order valence-corrected chi connectivity index (χ3v) is 10.6. The third-order valence-electron chi connectivity index (χ3n) is 8.56. The normalized spacial score (nSPS) is 13.9. The smallest absolute Gasteiger partial charge is 0.264 e. The molecule has 0 spiro atoms. The number of rotatable bonds is 14. The number of amides is 2. The Balaban J connectivity index is 1.59. The second-order valence-corrected chi connectivity index (χ2v) is 14.4. The maximum atomic E-state index is 14.8. The average molecular weight is 688 g/mol. The predicted molar refractivity (Wildman–Crippen MR) is 190 cm³/mol. The molecule has 1 aliphatic rings. The number of sulfonamides is 1. The van der Waals surface area contributed by atoms with Gasteiger partial charge in [-0.3, -0.25) is 13.9 Å². The van der Waals surface area contributed by atoms with Crippen LogP contribution in [0.2, 0.25) is 5.02 Å². The molecular formula is C38H42ClN3O5S. The standard InChI is InChI=1S/C38H42ClN3O5S/c1-3-47-36-16-10-9-15-34(36)42(48(45,46)33-23-21-31(39)22-24-33)27-37(43)41(26-30-19-17-28(2)18-20-30)35(25-29-11-5-4-6-12-29)38(44)40-32-13-7-8-14-32/h4-6,9-12,15-24,32,35H,3,7-8,13-14,25-27H2,1-2H3,(H,40,44). The van der Waals surface area contributed by atoms with Crippen molar-refractivity contribution in [2.24, 2.45) is 0 Å². The first-order valence-electron chi connectivity index (χ1n) is 16.3. The average Bonchev–Trinajstić information content (AvgIpc) is 3.60. The van der Waals surface area contributed by atoms with E-state index in [1.165, 1.54) is 29.2 Å². The van der Waals surface area contributed by atoms with Crippen LogP contribution in [0.5, 0.6) is 5.75 Å². The summed E-state index contributed by atoms with van der Waals surface area (Å²) in [7, 11) is -4.30. The van der Waals surface area contributed by atoms with E-state index >= 15 is 0 Å². The quantitative estimate of drug-likeness (QED) is 0.155. The van der Waals surface area contributed by atoms with Crippen LogP contribution in [0.4, 0.5) is 5.69 Å². The molecule has 1 fully saturated rings. The Bertz CT molecular complexity index is 1780. The Hall–Kier alpha value is -4.34. The summed E-state index contributed by atoms with van der Waals surface area (Å²) in [6, 6.07) is 29.0. The molecule has 4 aromatic carbocycles. The first-order chi connectivity index (χ1) is 23.2. The molecule has 2 amide bonds. The van der Waals surface area contributed by atoms with Crippen LogP contribution in [0, 0.1) is 6.92 Å². The van der Waals surface area contributed by atoms with Crippen LogP contribution in [0.15, 0.2) is 108 Å². The van der Waals surface area contributed by atoms with E-state index in [4.69, 9.17) is 16.3 Å². The maximum Gasteiger partial charge on any atom is 0.264 e. The lowest BCUT2D eigenvalue weighted by Crippen LogP contribution is -2.54. The van der Waals surface area contributed by atoms with Gasteiger partial charge < -0.3 is 15.0 Å². The summed E-state index contributed by atoms with van der Waals surface area (Å²) >= 11 is 6.10. The van der Waals surface area contributed by atoms with Crippen LogP contribution < -0.4 is 14.4 Å². The first-order valence-corrected chi connectivity index (χ1v) is 18.2. The highest BCUT2D eigenvalue weighted by atomic mass is 35.5. The highest BCUT2D eigenvalue weighted by Gasteiger charge is 2.36. The largest absolute Gasteiger partial charge is 0.492 e. The Morgan fingerprint density at radius 3 is 2.19 bits per heavy atom. The number of hydrogen-bond donors (Lipinski definition) is 1. The second-order valence-electron chi connectivity index (χ2n) is 12.1. The van der Waals surface area contributed by atoms with Crippen LogP contribution in [-0.2, 0) is 32.6 Å². The van der Waals surface area contributed by atoms with Gasteiger partial charge in [0.15, 0.2) is 0 Å². The Labute approximate surface area is 288 Å². The van der Waals surface area contributed by atoms with Gasteiger partial charge in [-0.1, -0.05) is 96.7 Å². The van der Waals surface area contributed by atoms with Crippen molar-refractivity contribution in [3.63, 3.8) is 0 Å². The number of hydrogen-bond acceptors (Lipinski definition) is 5. The van der Waals surface area contributed by atoms with Gasteiger partial charge in [0.2, 0.25) is 11.8 Å². The van der Waals surface area contributed by atoms with Gasteiger partial charge in [0.05, 0.1) is 17.2 Å². The summed E-state index contributed by atoms with van der Waals surface area (Å²) in [6.45, 7) is 3.62. The molecular weight excluding hydrogens is 646 g/mol. The fourth-order valence-electron chi connectivity index (χ4n) is 6.00. The summed E-state index contributed by atoms with van der Waals surface area (Å²) in [5, 5.41) is 3.59. The number of anilines is 1. The predicted octanol–water partition coefficient (Wildman–Crippen LogP) is 6.94. The minimum absolute atomic E-state index is 0.0316. The zero-order valence-corrected chi connectivity index (χ0v) is 28.9. The third kappa shape index (κ3) is 8.76. The van der Waals surface area contributed by atoms with Crippen molar-refractivity contribution < 1.29 is 22.7 Å². The Morgan fingerprint density at radius 1 is 0.875 bits per heavy atom. The molecule has 48 heavy (non-hydrogen) atoms. The summed E-state index contributed by atoms with van der Waals surface area (Å²) in [4.78, 5) is 30.4. The maximum absolute atomic E-state index is 14.8. The molecule has 1 N–H and O–H groups in total. The summed E-state index contributed by atoms with van der Waals surface area (Å²) in [5.41, 5.74) is 2.98. The molecule has 0 heterocycles. The molecule has 5 rings (SSSR count). The molecule has 0 bridgehead atoms. The minimum atomic E-state index is -4.30. The van der Waals surface area contributed by atoms with E-state index in [0.29, 0.717) is 17.4 Å². The van der Waals surface area contributed by atoms with Crippen molar-refractivity contribution in [2.75, 3.05) is 17.5 Å². The molecule has 252 valence electrons. The molecule has 0 saturated heterocycles. The molecule has 0 aliphatic heterocycles. The van der Waals surface area contributed by atoms with Crippen molar-refractivity contribution in [3.05, 3.63) is 125 Å². The van der Waals surface area contributed by atoms with Gasteiger partial charge in [-0.2, -0.15) is 0 Å². The first kappa shape index (κ1) is 35.0. The number of ether oxygens (including phenoxy) is 1. The molecule has 0 aromatic heterocycles. The molecule has 1 atom stereocenters. The van der Waals surface area contributed by atoms with Crippen LogP contribution in [0.3, 0.4) is 0 Å². The van der Waals surface area contributed by atoms with Crippen molar-refractivity contribution in [1.29, 1.82) is 0 Å². The molecule has 8 nitrogen and oxygen atoms in total. The number of halogens is 1. The topological polar surface area (TPSA) is 96.0 Å². The Kier molecular flexibility index (Phi) is 11.8. The highest BCUT2D eigenvalue weighted by molar-refractivity contribution is 7.92. The lowest BCUT2D eigenvalue weighted by molar-refractivity contribution is -0.140. The van der Waals surface area contributed by atoms with Crippen LogP contribution in [0.25, 0.3) is 0 Å². The van der Waals surface area contributed by atoms with Crippen LogP contribution in [0.1, 0.15) is 49.3 Å². The number of nitrogens with zero attached hydrogens (tertiary/aromatic N) is 2. The number of benzene rings is 4. The highest BCUT2D eigenvalue weighted by Crippen LogP contribution is 2.33. The van der Waals surface area contributed by atoms with Crippen LogP contribution >= 0.6 is 11.6 Å². The minimum Gasteiger partial charge on any atom is -0.492 e. The second kappa shape index (κ2) is 16.2. The molecule has 1 unspecified atom stereocenters. The van der Waals surface area contributed by atoms with Crippen molar-refractivity contribution in [1.82, 2.24) is 10.2 Å². The fourth-order valence-corrected chi connectivity index (χ4v) is 7.55. The molecule has 10 heteroatoms. The number of carbonyl (C=O) groups is 2. The summed E-state index contributed by atoms with van der Waals surface area (Å²) in [5.74, 6) is -0.467. The van der Waals surface area contributed by atoms with Crippen molar-refractivity contribution >= 4 is 39.1 Å². The molecule has 0 radical (unpaired) electrons. The number of carbonyl (C=O) groups excluding carboxylic acids is 2. The number of para-hydroxylation sites is 2. The van der Waals surface area contributed by atoms with Crippen molar-refractivity contribution in [3.8, 4) is 5.75 Å². The van der Waals surface area contributed by atoms with Crippen molar-refractivity contribution in [2.45, 2.75) is 69.5 Å². The zero-order valence-electron chi connectivity index (χ0n) is 27.3. The van der Waals surface area contributed by atoms with E-state index in [-0.39, 0.29) is 35.5 Å². The molecule has 1 saturated carbocycles. The molecule has 1 aliphatic carbocycles. The van der Waals surface area contributed by atoms with E-state index in [0.717, 1.165) is 46.7 Å². The lowest BCUT2D eigenvalue weighted by Gasteiger charge is -2.34. The SMILES string of the molecule is CCOc1ccccc1N(CC(=O)N(Cc1ccc(C)cc1)C(Cc1ccccc1)C(=O)NC1CCCC1)S(=O)(=O)c1ccc(Cl)cc1. The van der Waals surface area contributed by atoms with Gasteiger partial charge in [-0.15, -0.1) is 0 Å². The lowest BCUT2D eigenvalue weighted by atomic mass is 10.0. The Morgan fingerprint density at radius 2 is 1.52 bits per heavy atom. The fraction of sp³-hybridized carbons (Fsp3) is 0.316. The van der Waals surface area contributed by atoms with Crippen LogP contribution in [-0.4, -0.2) is 50.4 Å². The van der Waals surface area contributed by atoms with Gasteiger partial charge in [-0.25, -0.2) is 8.42 Å². The van der Waals surface area contributed by atoms with E-state index in [9.17, 15) is 18.0 Å².